The Morgan fingerprint density at radius 2 is 1.73 bits per heavy atom. The highest BCUT2D eigenvalue weighted by atomic mass is 32.1. The summed E-state index contributed by atoms with van der Waals surface area (Å²) in [6.45, 7) is -0.230. The molecule has 0 aliphatic carbocycles. The third-order valence-corrected chi connectivity index (χ3v) is 4.03. The number of carbonyl (C=O) groups excluding carboxylic acids is 2. The lowest BCUT2D eigenvalue weighted by Crippen LogP contribution is -2.49. The molecule has 3 rings (SSSR count). The van der Waals surface area contributed by atoms with E-state index in [0.717, 1.165) is 11.1 Å². The fourth-order valence-corrected chi connectivity index (χ4v) is 2.63. The van der Waals surface area contributed by atoms with Gasteiger partial charge in [-0.05, 0) is 42.1 Å². The van der Waals surface area contributed by atoms with Crippen LogP contribution in [-0.4, -0.2) is 23.5 Å². The number of amides is 2. The molecule has 0 aliphatic heterocycles. The summed E-state index contributed by atoms with van der Waals surface area (Å²) in [7, 11) is 0. The van der Waals surface area contributed by atoms with Crippen molar-refractivity contribution in [2.75, 3.05) is 6.61 Å². The van der Waals surface area contributed by atoms with Crippen LogP contribution >= 0.6 is 12.2 Å². The Morgan fingerprint density at radius 1 is 0.967 bits per heavy atom. The van der Waals surface area contributed by atoms with E-state index >= 15 is 0 Å². The molecule has 0 aliphatic rings. The molecule has 0 saturated heterocycles. The van der Waals surface area contributed by atoms with Gasteiger partial charge < -0.3 is 9.15 Å². The summed E-state index contributed by atoms with van der Waals surface area (Å²) in [5.74, 6) is 0.190. The molecular weight excluding hydrogens is 402 g/mol. The van der Waals surface area contributed by atoms with Crippen LogP contribution in [0.5, 0.6) is 5.75 Å². The van der Waals surface area contributed by atoms with Crippen LogP contribution in [0.2, 0.25) is 0 Å². The number of ether oxygens (including phenoxy) is 1. The van der Waals surface area contributed by atoms with Gasteiger partial charge in [-0.2, -0.15) is 0 Å². The predicted octanol–water partition coefficient (Wildman–Crippen LogP) is 3.06. The quantitative estimate of drug-likeness (QED) is 0.322. The van der Waals surface area contributed by atoms with Crippen molar-refractivity contribution in [3.05, 3.63) is 84.8 Å². The van der Waals surface area contributed by atoms with Crippen molar-refractivity contribution in [2.45, 2.75) is 0 Å². The van der Waals surface area contributed by atoms with Crippen molar-refractivity contribution in [1.82, 2.24) is 16.2 Å². The third-order valence-electron chi connectivity index (χ3n) is 3.82. The Kier molecular flexibility index (Phi) is 7.34. The predicted molar refractivity (Wildman–Crippen MR) is 117 cm³/mol. The molecule has 0 radical (unpaired) electrons. The van der Waals surface area contributed by atoms with Gasteiger partial charge >= 0.3 is 0 Å². The molecule has 152 valence electrons. The molecule has 2 aromatic carbocycles. The van der Waals surface area contributed by atoms with Gasteiger partial charge in [0.25, 0.3) is 5.91 Å². The second-order valence-electron chi connectivity index (χ2n) is 5.99. The molecule has 8 heteroatoms. The van der Waals surface area contributed by atoms with E-state index in [4.69, 9.17) is 21.4 Å². The summed E-state index contributed by atoms with van der Waals surface area (Å²) >= 11 is 4.97. The lowest BCUT2D eigenvalue weighted by Gasteiger charge is -2.13. The van der Waals surface area contributed by atoms with E-state index in [0.29, 0.717) is 11.5 Å². The Labute approximate surface area is 178 Å². The number of hydrogen-bond donors (Lipinski definition) is 3. The standard InChI is InChI=1S/C22H19N3O4S/c26-20(13-12-17-9-6-14-28-17)23-22(30)25-24-21(27)15-29-19-11-5-4-10-18(19)16-7-2-1-3-8-16/h1-14H,15H2,(H,24,27)(H2,23,25,26,30)/b13-12+. The number of thiocarbonyl (C=S) groups is 1. The molecule has 0 saturated carbocycles. The number of hydrazine groups is 1. The number of rotatable bonds is 6. The number of carbonyl (C=O) groups is 2. The summed E-state index contributed by atoms with van der Waals surface area (Å²) in [5, 5.41) is 2.35. The highest BCUT2D eigenvalue weighted by Gasteiger charge is 2.09. The van der Waals surface area contributed by atoms with Gasteiger partial charge in [-0.3, -0.25) is 25.8 Å². The van der Waals surface area contributed by atoms with Crippen molar-refractivity contribution in [2.24, 2.45) is 0 Å². The SMILES string of the molecule is O=C(/C=C/c1ccco1)NC(=S)NNC(=O)COc1ccccc1-c1ccccc1. The van der Waals surface area contributed by atoms with Gasteiger partial charge in [0.05, 0.1) is 6.26 Å². The van der Waals surface area contributed by atoms with Crippen LogP contribution in [0.3, 0.4) is 0 Å². The lowest BCUT2D eigenvalue weighted by atomic mass is 10.1. The molecule has 7 nitrogen and oxygen atoms in total. The molecule has 0 unspecified atom stereocenters. The monoisotopic (exact) mass is 421 g/mol. The third kappa shape index (κ3) is 6.32. The van der Waals surface area contributed by atoms with Crippen LogP contribution < -0.4 is 20.9 Å². The van der Waals surface area contributed by atoms with E-state index in [9.17, 15) is 9.59 Å². The second kappa shape index (κ2) is 10.6. The maximum Gasteiger partial charge on any atom is 0.276 e. The summed E-state index contributed by atoms with van der Waals surface area (Å²) in [5.41, 5.74) is 6.69. The van der Waals surface area contributed by atoms with Gasteiger partial charge in [-0.1, -0.05) is 48.5 Å². The van der Waals surface area contributed by atoms with Crippen LogP contribution in [0.1, 0.15) is 5.76 Å². The largest absolute Gasteiger partial charge is 0.483 e. The highest BCUT2D eigenvalue weighted by Crippen LogP contribution is 2.29. The summed E-state index contributed by atoms with van der Waals surface area (Å²) in [4.78, 5) is 23.8. The molecule has 30 heavy (non-hydrogen) atoms. The second-order valence-corrected chi connectivity index (χ2v) is 6.40. The first-order valence-electron chi connectivity index (χ1n) is 9.00. The zero-order valence-electron chi connectivity index (χ0n) is 15.8. The summed E-state index contributed by atoms with van der Waals surface area (Å²) in [6, 6.07) is 20.6. The van der Waals surface area contributed by atoms with E-state index in [-0.39, 0.29) is 11.7 Å². The van der Waals surface area contributed by atoms with E-state index in [1.807, 2.05) is 48.5 Å². The lowest BCUT2D eigenvalue weighted by molar-refractivity contribution is -0.123. The smallest absolute Gasteiger partial charge is 0.276 e. The molecule has 0 fully saturated rings. The van der Waals surface area contributed by atoms with Gasteiger partial charge in [-0.15, -0.1) is 0 Å². The molecule has 0 atom stereocenters. The molecule has 1 heterocycles. The zero-order chi connectivity index (χ0) is 21.2. The highest BCUT2D eigenvalue weighted by molar-refractivity contribution is 7.80. The van der Waals surface area contributed by atoms with Gasteiger partial charge in [-0.25, -0.2) is 0 Å². The maximum atomic E-state index is 12.0. The number of benzene rings is 2. The van der Waals surface area contributed by atoms with Crippen molar-refractivity contribution < 1.29 is 18.7 Å². The molecule has 0 spiro atoms. The van der Waals surface area contributed by atoms with Gasteiger partial charge in [0, 0.05) is 11.6 Å². The topological polar surface area (TPSA) is 92.6 Å². The Bertz CT molecular complexity index is 1030. The van der Waals surface area contributed by atoms with Gasteiger partial charge in [0.1, 0.15) is 11.5 Å². The first kappa shape index (κ1) is 20.8. The van der Waals surface area contributed by atoms with E-state index in [1.54, 1.807) is 18.2 Å². The first-order valence-corrected chi connectivity index (χ1v) is 9.41. The fourth-order valence-electron chi connectivity index (χ4n) is 2.48. The average molecular weight is 421 g/mol. The Balaban J connectivity index is 1.44. The zero-order valence-corrected chi connectivity index (χ0v) is 16.6. The van der Waals surface area contributed by atoms with Crippen molar-refractivity contribution >= 4 is 35.2 Å². The molecule has 2 amide bonds. The van der Waals surface area contributed by atoms with Crippen molar-refractivity contribution in [3.8, 4) is 16.9 Å². The van der Waals surface area contributed by atoms with Crippen LogP contribution in [0.25, 0.3) is 17.2 Å². The number of furan rings is 1. The number of para-hydroxylation sites is 1. The molecule has 0 bridgehead atoms. The minimum absolute atomic E-state index is 0.0536. The maximum absolute atomic E-state index is 12.0. The minimum atomic E-state index is -0.466. The van der Waals surface area contributed by atoms with Crippen molar-refractivity contribution in [3.63, 3.8) is 0 Å². The van der Waals surface area contributed by atoms with Gasteiger partial charge in [0.2, 0.25) is 5.91 Å². The summed E-state index contributed by atoms with van der Waals surface area (Å²) in [6.07, 6.45) is 4.26. The molecule has 3 aromatic rings. The molecular formula is C22H19N3O4S. The summed E-state index contributed by atoms with van der Waals surface area (Å²) < 4.78 is 10.7. The number of hydrogen-bond acceptors (Lipinski definition) is 5. The number of nitrogens with one attached hydrogen (secondary N) is 3. The minimum Gasteiger partial charge on any atom is -0.483 e. The van der Waals surface area contributed by atoms with Crippen molar-refractivity contribution in [1.29, 1.82) is 0 Å². The van der Waals surface area contributed by atoms with Crippen LogP contribution in [-0.2, 0) is 9.59 Å². The van der Waals surface area contributed by atoms with Gasteiger partial charge in [0.15, 0.2) is 11.7 Å². The van der Waals surface area contributed by atoms with E-state index in [2.05, 4.69) is 16.2 Å². The van der Waals surface area contributed by atoms with Crippen LogP contribution in [0.15, 0.2) is 83.5 Å². The molecule has 3 N–H and O–H groups in total. The Hall–Kier alpha value is -3.91. The van der Waals surface area contributed by atoms with E-state index < -0.39 is 11.8 Å². The molecule has 1 aromatic heterocycles. The fraction of sp³-hybridized carbons (Fsp3) is 0.0455. The average Bonchev–Trinajstić information content (AvgIpc) is 3.29. The Morgan fingerprint density at radius 3 is 2.50 bits per heavy atom. The van der Waals surface area contributed by atoms with Crippen LogP contribution in [0, 0.1) is 0 Å². The van der Waals surface area contributed by atoms with Crippen LogP contribution in [0.4, 0.5) is 0 Å². The van der Waals surface area contributed by atoms with E-state index in [1.165, 1.54) is 18.4 Å². The normalized spacial score (nSPS) is 10.4. The first-order chi connectivity index (χ1) is 14.6.